The predicted molar refractivity (Wildman–Crippen MR) is 101 cm³/mol. The van der Waals surface area contributed by atoms with Crippen molar-refractivity contribution < 1.29 is 13.2 Å². The van der Waals surface area contributed by atoms with Gasteiger partial charge in [0.1, 0.15) is 0 Å². The molecule has 0 amide bonds. The van der Waals surface area contributed by atoms with Crippen LogP contribution in [0.3, 0.4) is 0 Å². The SMILES string of the molecule is FC(F)(F)c1ccccc1CN1CCN(c2ccc3ncccc3c2)CC1. The molecule has 1 aliphatic rings. The average molecular weight is 371 g/mol. The predicted octanol–water partition coefficient (Wildman–Crippen LogP) is 4.58. The Morgan fingerprint density at radius 1 is 0.889 bits per heavy atom. The molecule has 2 heterocycles. The average Bonchev–Trinajstić information content (AvgIpc) is 2.68. The van der Waals surface area contributed by atoms with Crippen LogP contribution in [0.4, 0.5) is 18.9 Å². The largest absolute Gasteiger partial charge is 0.416 e. The number of aromatic nitrogens is 1. The first-order valence-corrected chi connectivity index (χ1v) is 8.98. The highest BCUT2D eigenvalue weighted by atomic mass is 19.4. The van der Waals surface area contributed by atoms with Gasteiger partial charge >= 0.3 is 6.18 Å². The van der Waals surface area contributed by atoms with Gasteiger partial charge in [0.25, 0.3) is 0 Å². The second kappa shape index (κ2) is 7.19. The molecule has 1 aromatic heterocycles. The van der Waals surface area contributed by atoms with Crippen LogP contribution in [-0.2, 0) is 12.7 Å². The van der Waals surface area contributed by atoms with Gasteiger partial charge in [0.05, 0.1) is 11.1 Å². The summed E-state index contributed by atoms with van der Waals surface area (Å²) in [6.45, 7) is 3.37. The molecule has 0 radical (unpaired) electrons. The molecule has 0 N–H and O–H groups in total. The number of piperazine rings is 1. The molecular weight excluding hydrogens is 351 g/mol. The molecule has 140 valence electrons. The van der Waals surface area contributed by atoms with Crippen molar-refractivity contribution >= 4 is 16.6 Å². The minimum atomic E-state index is -4.31. The second-order valence-corrected chi connectivity index (χ2v) is 6.80. The highest BCUT2D eigenvalue weighted by Gasteiger charge is 2.33. The number of alkyl halides is 3. The molecule has 0 saturated carbocycles. The zero-order valence-electron chi connectivity index (χ0n) is 14.8. The topological polar surface area (TPSA) is 19.4 Å². The van der Waals surface area contributed by atoms with Gasteiger partial charge < -0.3 is 4.90 Å². The second-order valence-electron chi connectivity index (χ2n) is 6.80. The number of anilines is 1. The van der Waals surface area contributed by atoms with Crippen LogP contribution in [-0.4, -0.2) is 36.1 Å². The first-order chi connectivity index (χ1) is 13.0. The Kier molecular flexibility index (Phi) is 4.74. The lowest BCUT2D eigenvalue weighted by atomic mass is 10.1. The lowest BCUT2D eigenvalue weighted by molar-refractivity contribution is -0.138. The van der Waals surface area contributed by atoms with E-state index < -0.39 is 11.7 Å². The summed E-state index contributed by atoms with van der Waals surface area (Å²) < 4.78 is 39.5. The van der Waals surface area contributed by atoms with Gasteiger partial charge in [0.15, 0.2) is 0 Å². The molecule has 2 aromatic carbocycles. The lowest BCUT2D eigenvalue weighted by Gasteiger charge is -2.36. The van der Waals surface area contributed by atoms with Crippen LogP contribution in [0.1, 0.15) is 11.1 Å². The Morgan fingerprint density at radius 2 is 1.67 bits per heavy atom. The van der Waals surface area contributed by atoms with E-state index in [9.17, 15) is 13.2 Å². The number of nitrogens with zero attached hydrogens (tertiary/aromatic N) is 3. The maximum atomic E-state index is 13.2. The first-order valence-electron chi connectivity index (χ1n) is 8.98. The fraction of sp³-hybridized carbons (Fsp3) is 0.286. The quantitative estimate of drug-likeness (QED) is 0.672. The van der Waals surface area contributed by atoms with E-state index in [1.807, 2.05) is 18.2 Å². The van der Waals surface area contributed by atoms with Gasteiger partial charge in [-0.25, -0.2) is 0 Å². The van der Waals surface area contributed by atoms with Crippen molar-refractivity contribution in [3.8, 4) is 0 Å². The lowest BCUT2D eigenvalue weighted by Crippen LogP contribution is -2.46. The zero-order chi connectivity index (χ0) is 18.9. The highest BCUT2D eigenvalue weighted by Crippen LogP contribution is 2.32. The number of fused-ring (bicyclic) bond motifs is 1. The van der Waals surface area contributed by atoms with Crippen LogP contribution >= 0.6 is 0 Å². The summed E-state index contributed by atoms with van der Waals surface area (Å²) in [6.07, 6.45) is -2.53. The molecule has 3 nitrogen and oxygen atoms in total. The molecule has 0 spiro atoms. The van der Waals surface area contributed by atoms with Gasteiger partial charge in [-0.2, -0.15) is 13.2 Å². The number of halogens is 3. The molecular formula is C21H20F3N3. The summed E-state index contributed by atoms with van der Waals surface area (Å²) in [5.41, 5.74) is 1.90. The van der Waals surface area contributed by atoms with E-state index in [-0.39, 0.29) is 0 Å². The van der Waals surface area contributed by atoms with Crippen LogP contribution < -0.4 is 4.90 Å². The van der Waals surface area contributed by atoms with Gasteiger partial charge in [-0.15, -0.1) is 0 Å². The van der Waals surface area contributed by atoms with E-state index in [1.165, 1.54) is 6.07 Å². The molecule has 1 aliphatic heterocycles. The van der Waals surface area contributed by atoms with Gasteiger partial charge in [-0.05, 0) is 35.9 Å². The number of hydrogen-bond acceptors (Lipinski definition) is 3. The van der Waals surface area contributed by atoms with E-state index in [1.54, 1.807) is 18.3 Å². The molecule has 0 unspecified atom stereocenters. The highest BCUT2D eigenvalue weighted by molar-refractivity contribution is 5.82. The third-order valence-corrected chi connectivity index (χ3v) is 5.04. The molecule has 0 bridgehead atoms. The van der Waals surface area contributed by atoms with Crippen molar-refractivity contribution in [3.05, 3.63) is 71.9 Å². The molecule has 0 atom stereocenters. The van der Waals surface area contributed by atoms with Crippen LogP contribution in [0, 0.1) is 0 Å². The Bertz CT molecular complexity index is 931. The van der Waals surface area contributed by atoms with E-state index in [0.29, 0.717) is 12.1 Å². The third kappa shape index (κ3) is 3.90. The fourth-order valence-corrected chi connectivity index (χ4v) is 3.60. The number of pyridine rings is 1. The van der Waals surface area contributed by atoms with E-state index in [2.05, 4.69) is 26.9 Å². The van der Waals surface area contributed by atoms with Gasteiger partial charge in [0, 0.05) is 50.0 Å². The standard InChI is InChI=1S/C21H20F3N3/c22-21(23,24)19-6-2-1-4-17(19)15-26-10-12-27(13-11-26)18-7-8-20-16(14-18)5-3-9-25-20/h1-9,14H,10-13,15H2. The molecule has 3 aromatic rings. The number of hydrogen-bond donors (Lipinski definition) is 0. The third-order valence-electron chi connectivity index (χ3n) is 5.04. The van der Waals surface area contributed by atoms with Crippen molar-refractivity contribution in [2.45, 2.75) is 12.7 Å². The molecule has 4 rings (SSSR count). The monoisotopic (exact) mass is 371 g/mol. The van der Waals surface area contributed by atoms with Crippen molar-refractivity contribution in [1.29, 1.82) is 0 Å². The van der Waals surface area contributed by atoms with Gasteiger partial charge in [-0.3, -0.25) is 9.88 Å². The molecule has 27 heavy (non-hydrogen) atoms. The van der Waals surface area contributed by atoms with Crippen LogP contribution in [0.15, 0.2) is 60.8 Å². The van der Waals surface area contributed by atoms with Crippen molar-refractivity contribution in [1.82, 2.24) is 9.88 Å². The Hall–Kier alpha value is -2.60. The molecule has 1 saturated heterocycles. The van der Waals surface area contributed by atoms with E-state index >= 15 is 0 Å². The number of benzene rings is 2. The summed E-state index contributed by atoms with van der Waals surface area (Å²) in [7, 11) is 0. The smallest absolute Gasteiger partial charge is 0.369 e. The number of rotatable bonds is 3. The van der Waals surface area contributed by atoms with Crippen molar-refractivity contribution in [2.24, 2.45) is 0 Å². The van der Waals surface area contributed by atoms with E-state index in [0.717, 1.165) is 48.8 Å². The Labute approximate surface area is 156 Å². The molecule has 6 heteroatoms. The summed E-state index contributed by atoms with van der Waals surface area (Å²) >= 11 is 0. The van der Waals surface area contributed by atoms with Gasteiger partial charge in [0.2, 0.25) is 0 Å². The minimum Gasteiger partial charge on any atom is -0.369 e. The summed E-state index contributed by atoms with van der Waals surface area (Å²) in [5.74, 6) is 0. The molecule has 0 aliphatic carbocycles. The summed E-state index contributed by atoms with van der Waals surface area (Å²) in [5, 5.41) is 1.09. The maximum absolute atomic E-state index is 13.2. The van der Waals surface area contributed by atoms with Crippen molar-refractivity contribution in [2.75, 3.05) is 31.1 Å². The molecule has 1 fully saturated rings. The Morgan fingerprint density at radius 3 is 2.44 bits per heavy atom. The van der Waals surface area contributed by atoms with Gasteiger partial charge in [-0.1, -0.05) is 24.3 Å². The minimum absolute atomic E-state index is 0.325. The van der Waals surface area contributed by atoms with E-state index in [4.69, 9.17) is 0 Å². The van der Waals surface area contributed by atoms with Crippen molar-refractivity contribution in [3.63, 3.8) is 0 Å². The van der Waals surface area contributed by atoms with Crippen LogP contribution in [0.25, 0.3) is 10.9 Å². The maximum Gasteiger partial charge on any atom is 0.416 e. The summed E-state index contributed by atoms with van der Waals surface area (Å²) in [6, 6.07) is 16.0. The first kappa shape index (κ1) is 17.8. The normalized spacial score (nSPS) is 16.0. The fourth-order valence-electron chi connectivity index (χ4n) is 3.60. The summed E-state index contributed by atoms with van der Waals surface area (Å²) in [4.78, 5) is 8.70. The zero-order valence-corrected chi connectivity index (χ0v) is 14.8. The van der Waals surface area contributed by atoms with Crippen LogP contribution in [0.5, 0.6) is 0 Å². The Balaban J connectivity index is 1.43. The van der Waals surface area contributed by atoms with Crippen LogP contribution in [0.2, 0.25) is 0 Å².